The van der Waals surface area contributed by atoms with E-state index < -0.39 is 6.10 Å². The van der Waals surface area contributed by atoms with Gasteiger partial charge in [0.1, 0.15) is 11.5 Å². The molecule has 1 N–H and O–H groups in total. The number of anilines is 1. The minimum Gasteiger partial charge on any atom is -0.481 e. The van der Waals surface area contributed by atoms with E-state index in [0.29, 0.717) is 35.7 Å². The molecule has 0 aliphatic heterocycles. The number of nitrogens with one attached hydrogen (secondary N) is 1. The molecule has 0 saturated carbocycles. The van der Waals surface area contributed by atoms with Gasteiger partial charge in [-0.2, -0.15) is 0 Å². The first kappa shape index (κ1) is 14.3. The van der Waals surface area contributed by atoms with Crippen LogP contribution in [0.1, 0.15) is 35.0 Å². The number of carbonyl (C=O) groups excluding carboxylic acids is 2. The number of Topliss-reactive ketones (excluding diaryl/α,β-unsaturated/α-hetero) is 1. The number of ether oxygens (including phenoxy) is 1. The van der Waals surface area contributed by atoms with E-state index in [1.165, 1.54) is 0 Å². The lowest BCUT2D eigenvalue weighted by molar-refractivity contribution is -0.122. The predicted octanol–water partition coefficient (Wildman–Crippen LogP) is 2.52. The largest absolute Gasteiger partial charge is 0.481 e. The van der Waals surface area contributed by atoms with Crippen LogP contribution in [-0.2, 0) is 11.2 Å². The molecule has 1 aromatic heterocycles. The van der Waals surface area contributed by atoms with Gasteiger partial charge in [0, 0.05) is 23.6 Å². The average Bonchev–Trinajstić information content (AvgIpc) is 3.06. The van der Waals surface area contributed by atoms with E-state index in [1.807, 2.05) is 0 Å². The molecule has 0 bridgehead atoms. The van der Waals surface area contributed by atoms with Crippen molar-refractivity contribution in [1.82, 2.24) is 5.16 Å². The van der Waals surface area contributed by atoms with Crippen LogP contribution < -0.4 is 10.1 Å². The zero-order valence-corrected chi connectivity index (χ0v) is 12.4. The number of ketones is 1. The molecule has 6 heteroatoms. The third-order valence-electron chi connectivity index (χ3n) is 3.59. The second-order valence-corrected chi connectivity index (χ2v) is 5.28. The van der Waals surface area contributed by atoms with Gasteiger partial charge in [0.2, 0.25) is 0 Å². The van der Waals surface area contributed by atoms with Crippen molar-refractivity contribution in [2.75, 3.05) is 5.32 Å². The molecule has 0 spiro atoms. The fourth-order valence-electron chi connectivity index (χ4n) is 2.47. The number of amides is 1. The first-order chi connectivity index (χ1) is 10.5. The van der Waals surface area contributed by atoms with Gasteiger partial charge in [0.05, 0.1) is 0 Å². The van der Waals surface area contributed by atoms with Crippen molar-refractivity contribution in [2.24, 2.45) is 0 Å². The Kier molecular flexibility index (Phi) is 3.66. The molecule has 0 fully saturated rings. The highest BCUT2D eigenvalue weighted by Crippen LogP contribution is 2.31. The van der Waals surface area contributed by atoms with Crippen LogP contribution in [0.2, 0.25) is 0 Å². The van der Waals surface area contributed by atoms with E-state index in [0.717, 1.165) is 5.56 Å². The highest BCUT2D eigenvalue weighted by atomic mass is 16.5. The Morgan fingerprint density at radius 2 is 2.23 bits per heavy atom. The lowest BCUT2D eigenvalue weighted by Gasteiger charge is -2.16. The van der Waals surface area contributed by atoms with Crippen molar-refractivity contribution < 1.29 is 18.8 Å². The summed E-state index contributed by atoms with van der Waals surface area (Å²) in [6, 6.07) is 6.97. The van der Waals surface area contributed by atoms with Gasteiger partial charge in [-0.15, -0.1) is 0 Å². The topological polar surface area (TPSA) is 81.4 Å². The molecule has 0 unspecified atom stereocenters. The Hall–Kier alpha value is -2.63. The number of aromatic nitrogens is 1. The normalized spacial score (nSPS) is 14.5. The van der Waals surface area contributed by atoms with E-state index in [-0.39, 0.29) is 11.7 Å². The van der Waals surface area contributed by atoms with E-state index in [2.05, 4.69) is 10.5 Å². The molecule has 22 heavy (non-hydrogen) atoms. The Morgan fingerprint density at radius 3 is 2.95 bits per heavy atom. The Morgan fingerprint density at radius 1 is 1.41 bits per heavy atom. The molecule has 3 rings (SSSR count). The molecule has 114 valence electrons. The lowest BCUT2D eigenvalue weighted by atomic mass is 10.1. The van der Waals surface area contributed by atoms with Crippen molar-refractivity contribution in [3.05, 3.63) is 41.2 Å². The molecular weight excluding hydrogens is 284 g/mol. The molecule has 1 atom stereocenters. The molecule has 1 aliphatic rings. The zero-order chi connectivity index (χ0) is 15.7. The van der Waals surface area contributed by atoms with Crippen molar-refractivity contribution in [2.45, 2.75) is 32.8 Å². The third-order valence-corrected chi connectivity index (χ3v) is 3.59. The van der Waals surface area contributed by atoms with Crippen LogP contribution in [0.3, 0.4) is 0 Å². The van der Waals surface area contributed by atoms with Crippen LogP contribution in [0, 0.1) is 6.92 Å². The molecular formula is C16H16N2O4. The fraction of sp³-hybridized carbons (Fsp3) is 0.312. The van der Waals surface area contributed by atoms with E-state index >= 15 is 0 Å². The number of fused-ring (bicyclic) bond motifs is 1. The minimum absolute atomic E-state index is 0.121. The van der Waals surface area contributed by atoms with Gasteiger partial charge >= 0.3 is 0 Å². The molecule has 0 radical (unpaired) electrons. The number of carbonyl (C=O) groups is 2. The van der Waals surface area contributed by atoms with Gasteiger partial charge < -0.3 is 14.6 Å². The van der Waals surface area contributed by atoms with Gasteiger partial charge in [0.15, 0.2) is 17.7 Å². The van der Waals surface area contributed by atoms with Gasteiger partial charge in [-0.1, -0.05) is 17.3 Å². The van der Waals surface area contributed by atoms with Gasteiger partial charge in [-0.3, -0.25) is 9.59 Å². The standard InChI is InChI=1S/C16H16N2O4/c1-9-8-15(18-22-9)17-16(20)10(2)21-14-5-3-4-11-12(14)6-7-13(11)19/h3-5,8,10H,6-7H2,1-2H3,(H,17,18,20)/t10-/m0/s1. The summed E-state index contributed by atoms with van der Waals surface area (Å²) in [5.74, 6) is 1.35. The summed E-state index contributed by atoms with van der Waals surface area (Å²) >= 11 is 0. The highest BCUT2D eigenvalue weighted by molar-refractivity contribution is 6.01. The van der Waals surface area contributed by atoms with Crippen molar-refractivity contribution in [3.8, 4) is 5.75 Å². The lowest BCUT2D eigenvalue weighted by Crippen LogP contribution is -2.30. The molecule has 2 aromatic rings. The zero-order valence-electron chi connectivity index (χ0n) is 12.4. The summed E-state index contributed by atoms with van der Waals surface area (Å²) in [5, 5.41) is 6.33. The Balaban J connectivity index is 1.71. The summed E-state index contributed by atoms with van der Waals surface area (Å²) < 4.78 is 10.6. The molecule has 6 nitrogen and oxygen atoms in total. The molecule has 0 saturated heterocycles. The fourth-order valence-corrected chi connectivity index (χ4v) is 2.47. The van der Waals surface area contributed by atoms with Crippen LogP contribution in [0.5, 0.6) is 5.75 Å². The molecule has 1 amide bonds. The van der Waals surface area contributed by atoms with Crippen LogP contribution in [0.4, 0.5) is 5.82 Å². The number of nitrogens with zero attached hydrogens (tertiary/aromatic N) is 1. The van der Waals surface area contributed by atoms with Gasteiger partial charge in [-0.05, 0) is 26.3 Å². The van der Waals surface area contributed by atoms with E-state index in [4.69, 9.17) is 9.26 Å². The number of hydrogen-bond acceptors (Lipinski definition) is 5. The first-order valence-corrected chi connectivity index (χ1v) is 7.10. The number of hydrogen-bond donors (Lipinski definition) is 1. The van der Waals surface area contributed by atoms with Crippen LogP contribution in [-0.4, -0.2) is 23.0 Å². The summed E-state index contributed by atoms with van der Waals surface area (Å²) in [6.45, 7) is 3.39. The minimum atomic E-state index is -0.709. The van der Waals surface area contributed by atoms with Gasteiger partial charge in [0.25, 0.3) is 5.91 Å². The number of rotatable bonds is 4. The number of benzene rings is 1. The van der Waals surface area contributed by atoms with Crippen LogP contribution in [0.15, 0.2) is 28.8 Å². The van der Waals surface area contributed by atoms with Crippen molar-refractivity contribution in [1.29, 1.82) is 0 Å². The van der Waals surface area contributed by atoms with E-state index in [1.54, 1.807) is 38.1 Å². The van der Waals surface area contributed by atoms with Crippen LogP contribution in [0.25, 0.3) is 0 Å². The summed E-state index contributed by atoms with van der Waals surface area (Å²) in [7, 11) is 0. The smallest absolute Gasteiger partial charge is 0.266 e. The molecule has 1 heterocycles. The van der Waals surface area contributed by atoms with E-state index in [9.17, 15) is 9.59 Å². The monoisotopic (exact) mass is 300 g/mol. The summed E-state index contributed by atoms with van der Waals surface area (Å²) in [6.07, 6.45) is 0.439. The second kappa shape index (κ2) is 5.63. The Bertz CT molecular complexity index is 735. The maximum atomic E-state index is 12.1. The maximum absolute atomic E-state index is 12.1. The molecule has 1 aromatic carbocycles. The summed E-state index contributed by atoms with van der Waals surface area (Å²) in [4.78, 5) is 23.8. The molecule has 1 aliphatic carbocycles. The first-order valence-electron chi connectivity index (χ1n) is 7.10. The SMILES string of the molecule is Cc1cc(NC(=O)[C@H](C)Oc2cccc3c2CCC3=O)no1. The quantitative estimate of drug-likeness (QED) is 0.938. The third kappa shape index (κ3) is 2.72. The Labute approximate surface area is 127 Å². The predicted molar refractivity (Wildman–Crippen MR) is 79.1 cm³/mol. The van der Waals surface area contributed by atoms with Gasteiger partial charge in [-0.25, -0.2) is 0 Å². The second-order valence-electron chi connectivity index (χ2n) is 5.28. The highest BCUT2D eigenvalue weighted by Gasteiger charge is 2.25. The maximum Gasteiger partial charge on any atom is 0.266 e. The van der Waals surface area contributed by atoms with Crippen molar-refractivity contribution >= 4 is 17.5 Å². The average molecular weight is 300 g/mol. The van der Waals surface area contributed by atoms with Crippen molar-refractivity contribution in [3.63, 3.8) is 0 Å². The summed E-state index contributed by atoms with van der Waals surface area (Å²) in [5.41, 5.74) is 1.57. The number of aryl methyl sites for hydroxylation is 1. The van der Waals surface area contributed by atoms with Crippen LogP contribution >= 0.6 is 0 Å².